The van der Waals surface area contributed by atoms with Gasteiger partial charge in [-0.1, -0.05) is 36.5 Å². The monoisotopic (exact) mass is 366 g/mol. The van der Waals surface area contributed by atoms with Crippen LogP contribution in [-0.2, 0) is 4.74 Å². The predicted molar refractivity (Wildman–Crippen MR) is 95.1 cm³/mol. The molecule has 0 aliphatic carbocycles. The van der Waals surface area contributed by atoms with Crippen LogP contribution in [0.1, 0.15) is 35.8 Å². The van der Waals surface area contributed by atoms with E-state index in [2.05, 4.69) is 10.2 Å². The first-order valence-electron chi connectivity index (χ1n) is 7.45. The topological polar surface area (TPSA) is 68.6 Å². The maximum Gasteiger partial charge on any atom is 0.359 e. The molecule has 0 unspecified atom stereocenters. The summed E-state index contributed by atoms with van der Waals surface area (Å²) in [4.78, 5) is 27.3. The Balaban J connectivity index is 2.41. The Morgan fingerprint density at radius 1 is 1.25 bits per heavy atom. The number of carbonyl (C=O) groups excluding carboxylic acids is 1. The average molecular weight is 367 g/mol. The molecule has 0 bridgehead atoms. The van der Waals surface area contributed by atoms with E-state index in [1.807, 2.05) is 6.92 Å². The lowest BCUT2D eigenvalue weighted by molar-refractivity contribution is 0.0494. The van der Waals surface area contributed by atoms with Crippen molar-refractivity contribution in [3.05, 3.63) is 50.5 Å². The van der Waals surface area contributed by atoms with Gasteiger partial charge >= 0.3 is 5.97 Å². The van der Waals surface area contributed by atoms with Gasteiger partial charge in [0, 0.05) is 15.6 Å². The maximum absolute atomic E-state index is 12.1. The number of hydrogen-bond donors (Lipinski definition) is 0. The van der Waals surface area contributed by atoms with Gasteiger partial charge in [-0.25, -0.2) is 9.78 Å². The molecule has 0 atom stereocenters. The number of nitrogens with zero attached hydrogens (tertiary/aromatic N) is 2. The Hall–Kier alpha value is -1.98. The smallest absolute Gasteiger partial charge is 0.359 e. The van der Waals surface area contributed by atoms with Crippen LogP contribution in [0.5, 0.6) is 0 Å². The van der Waals surface area contributed by atoms with Gasteiger partial charge in [0.25, 0.3) is 0 Å². The first-order valence-corrected chi connectivity index (χ1v) is 8.21. The second-order valence-electron chi connectivity index (χ2n) is 5.21. The number of halogens is 2. The van der Waals surface area contributed by atoms with Crippen LogP contribution in [0.25, 0.3) is 11.3 Å². The highest BCUT2D eigenvalue weighted by Crippen LogP contribution is 2.31. The number of carbonyl (C=O) groups is 1. The van der Waals surface area contributed by atoms with Crippen molar-refractivity contribution in [2.45, 2.75) is 26.7 Å². The van der Waals surface area contributed by atoms with Crippen molar-refractivity contribution in [2.75, 3.05) is 6.61 Å². The highest BCUT2D eigenvalue weighted by molar-refractivity contribution is 6.36. The van der Waals surface area contributed by atoms with E-state index in [1.54, 1.807) is 25.1 Å². The minimum absolute atomic E-state index is 0.0652. The minimum Gasteiger partial charge on any atom is -0.461 e. The van der Waals surface area contributed by atoms with Crippen LogP contribution >= 0.6 is 23.2 Å². The van der Waals surface area contributed by atoms with Crippen LogP contribution in [0.2, 0.25) is 10.0 Å². The maximum atomic E-state index is 12.1. The lowest BCUT2D eigenvalue weighted by Crippen LogP contribution is -2.09. The van der Waals surface area contributed by atoms with Crippen molar-refractivity contribution >= 4 is 34.9 Å². The van der Waals surface area contributed by atoms with E-state index >= 15 is 0 Å². The fraction of sp³-hybridized carbons (Fsp3) is 0.294. The van der Waals surface area contributed by atoms with Crippen molar-refractivity contribution in [1.29, 1.82) is 0 Å². The third kappa shape index (κ3) is 4.10. The van der Waals surface area contributed by atoms with E-state index in [4.69, 9.17) is 27.9 Å². The number of hydrogen-bond acceptors (Lipinski definition) is 5. The first kappa shape index (κ1) is 18.4. The van der Waals surface area contributed by atoms with Gasteiger partial charge in [0.2, 0.25) is 0 Å². The molecule has 0 aliphatic heterocycles. The van der Waals surface area contributed by atoms with Crippen molar-refractivity contribution in [2.24, 2.45) is 5.18 Å². The molecule has 0 saturated heterocycles. The molecule has 1 aromatic carbocycles. The molecule has 0 fully saturated rings. The standard InChI is InChI=1S/C17H16Cl2N2O3/c1-3-4-7-24-17(22)16-15(21-23)6-5-14(20-16)11-8-12(18)10(2)13(19)9-11/h5-6,8-9H,3-4,7H2,1-2H3. The van der Waals surface area contributed by atoms with E-state index in [9.17, 15) is 9.70 Å². The molecule has 0 N–H and O–H groups in total. The van der Waals surface area contributed by atoms with Crippen LogP contribution in [0, 0.1) is 11.8 Å². The van der Waals surface area contributed by atoms with E-state index in [1.165, 1.54) is 6.07 Å². The third-order valence-electron chi connectivity index (χ3n) is 3.47. The third-order valence-corrected chi connectivity index (χ3v) is 4.26. The second kappa shape index (κ2) is 8.22. The van der Waals surface area contributed by atoms with Crippen LogP contribution in [0.4, 0.5) is 5.69 Å². The highest BCUT2D eigenvalue weighted by Gasteiger charge is 2.18. The van der Waals surface area contributed by atoms with Gasteiger partial charge in [0.1, 0.15) is 5.69 Å². The predicted octanol–water partition coefficient (Wildman–Crippen LogP) is 5.72. The molecule has 0 saturated carbocycles. The van der Waals surface area contributed by atoms with Crippen molar-refractivity contribution in [3.8, 4) is 11.3 Å². The van der Waals surface area contributed by atoms with Gasteiger partial charge in [-0.15, -0.1) is 4.91 Å². The number of benzene rings is 1. The van der Waals surface area contributed by atoms with E-state index in [0.717, 1.165) is 18.4 Å². The molecule has 7 heteroatoms. The molecule has 0 spiro atoms. The number of pyridine rings is 1. The van der Waals surface area contributed by atoms with E-state index in [0.29, 0.717) is 21.3 Å². The van der Waals surface area contributed by atoms with Gasteiger partial charge in [-0.3, -0.25) is 0 Å². The SMILES string of the molecule is CCCCOC(=O)c1nc(-c2cc(Cl)c(C)c(Cl)c2)ccc1N=O. The summed E-state index contributed by atoms with van der Waals surface area (Å²) in [7, 11) is 0. The van der Waals surface area contributed by atoms with Crippen molar-refractivity contribution < 1.29 is 9.53 Å². The van der Waals surface area contributed by atoms with Crippen LogP contribution < -0.4 is 0 Å². The number of nitroso groups, excluding NO2 is 1. The summed E-state index contributed by atoms with van der Waals surface area (Å²) in [5.74, 6) is -0.677. The summed E-state index contributed by atoms with van der Waals surface area (Å²) in [6.07, 6.45) is 1.62. The van der Waals surface area contributed by atoms with Crippen molar-refractivity contribution in [3.63, 3.8) is 0 Å². The number of aromatic nitrogens is 1. The van der Waals surface area contributed by atoms with Crippen LogP contribution in [0.3, 0.4) is 0 Å². The zero-order valence-corrected chi connectivity index (χ0v) is 14.8. The zero-order valence-electron chi connectivity index (χ0n) is 13.3. The lowest BCUT2D eigenvalue weighted by atomic mass is 10.1. The van der Waals surface area contributed by atoms with Gasteiger partial charge in [0.05, 0.1) is 12.3 Å². The van der Waals surface area contributed by atoms with Crippen LogP contribution in [-0.4, -0.2) is 17.6 Å². The summed E-state index contributed by atoms with van der Waals surface area (Å²) < 4.78 is 5.12. The van der Waals surface area contributed by atoms with Gasteiger partial charge in [-0.2, -0.15) is 0 Å². The molecule has 126 valence electrons. The lowest BCUT2D eigenvalue weighted by Gasteiger charge is -2.09. The summed E-state index contributed by atoms with van der Waals surface area (Å²) in [6, 6.07) is 6.40. The summed E-state index contributed by atoms with van der Waals surface area (Å²) in [5.41, 5.74) is 1.66. The molecule has 0 amide bonds. The molecular formula is C17H16Cl2N2O3. The molecule has 1 heterocycles. The molecule has 0 radical (unpaired) electrons. The number of unbranched alkanes of at least 4 members (excludes halogenated alkanes) is 1. The van der Waals surface area contributed by atoms with Gasteiger partial charge in [-0.05, 0) is 48.4 Å². The number of ether oxygens (including phenoxy) is 1. The Kier molecular flexibility index (Phi) is 6.29. The Bertz CT molecular complexity index is 755. The Morgan fingerprint density at radius 2 is 1.92 bits per heavy atom. The van der Waals surface area contributed by atoms with E-state index in [-0.39, 0.29) is 18.0 Å². The van der Waals surface area contributed by atoms with Crippen LogP contribution in [0.15, 0.2) is 29.4 Å². The van der Waals surface area contributed by atoms with Gasteiger partial charge in [0.15, 0.2) is 5.69 Å². The normalized spacial score (nSPS) is 10.5. The van der Waals surface area contributed by atoms with Crippen molar-refractivity contribution in [1.82, 2.24) is 4.98 Å². The fourth-order valence-corrected chi connectivity index (χ4v) is 2.49. The van der Waals surface area contributed by atoms with E-state index < -0.39 is 5.97 Å². The summed E-state index contributed by atoms with van der Waals surface area (Å²) in [5, 5.41) is 3.82. The molecular weight excluding hydrogens is 351 g/mol. The molecule has 0 aliphatic rings. The average Bonchev–Trinajstić information content (AvgIpc) is 2.58. The Morgan fingerprint density at radius 3 is 2.50 bits per heavy atom. The molecule has 2 aromatic rings. The minimum atomic E-state index is -0.677. The van der Waals surface area contributed by atoms with Gasteiger partial charge < -0.3 is 4.74 Å². The molecule has 2 rings (SSSR count). The summed E-state index contributed by atoms with van der Waals surface area (Å²) in [6.45, 7) is 4.05. The zero-order chi connectivity index (χ0) is 17.7. The number of rotatable bonds is 6. The highest BCUT2D eigenvalue weighted by atomic mass is 35.5. The summed E-state index contributed by atoms with van der Waals surface area (Å²) >= 11 is 12.3. The molecule has 5 nitrogen and oxygen atoms in total. The Labute approximate surface area is 149 Å². The molecule has 24 heavy (non-hydrogen) atoms. The largest absolute Gasteiger partial charge is 0.461 e. The quantitative estimate of drug-likeness (QED) is 0.372. The second-order valence-corrected chi connectivity index (χ2v) is 6.02. The molecule has 1 aromatic heterocycles. The number of esters is 1. The first-order chi connectivity index (χ1) is 11.5. The fourth-order valence-electron chi connectivity index (χ4n) is 2.01.